The molecule has 102 valence electrons. The number of ether oxygens (including phenoxy) is 1. The van der Waals surface area contributed by atoms with E-state index in [4.69, 9.17) is 10.5 Å². The molecule has 0 atom stereocenters. The summed E-state index contributed by atoms with van der Waals surface area (Å²) in [6, 6.07) is 0. The Labute approximate surface area is 111 Å². The minimum absolute atomic E-state index is 0.143. The van der Waals surface area contributed by atoms with Crippen molar-refractivity contribution in [2.45, 2.75) is 25.7 Å². The van der Waals surface area contributed by atoms with Gasteiger partial charge >= 0.3 is 0 Å². The van der Waals surface area contributed by atoms with Crippen molar-refractivity contribution in [1.82, 2.24) is 10.3 Å². The van der Waals surface area contributed by atoms with E-state index >= 15 is 0 Å². The monoisotopic (exact) mass is 263 g/mol. The van der Waals surface area contributed by atoms with Gasteiger partial charge in [-0.15, -0.1) is 0 Å². The lowest BCUT2D eigenvalue weighted by Crippen LogP contribution is -2.36. The Morgan fingerprint density at radius 1 is 1.42 bits per heavy atom. The number of nitrogens with one attached hydrogen (secondary N) is 1. The van der Waals surface area contributed by atoms with E-state index in [1.165, 1.54) is 7.11 Å². The van der Waals surface area contributed by atoms with E-state index in [1.807, 2.05) is 0 Å². The van der Waals surface area contributed by atoms with Gasteiger partial charge in [-0.25, -0.2) is 4.98 Å². The van der Waals surface area contributed by atoms with Crippen molar-refractivity contribution in [3.05, 3.63) is 23.0 Å². The number of imide groups is 1. The predicted octanol–water partition coefficient (Wildman–Crippen LogP) is 0.184. The Bertz CT molecular complexity index is 514. The van der Waals surface area contributed by atoms with E-state index in [2.05, 4.69) is 10.3 Å². The molecule has 0 radical (unpaired) electrons. The first-order valence-electron chi connectivity index (χ1n) is 6.26. The number of nitrogens with two attached hydrogens (primary N) is 1. The molecule has 3 N–H and O–H groups in total. The summed E-state index contributed by atoms with van der Waals surface area (Å²) in [5.74, 6) is -0.633. The van der Waals surface area contributed by atoms with E-state index < -0.39 is 11.8 Å². The average molecular weight is 263 g/mol. The van der Waals surface area contributed by atoms with Crippen LogP contribution in [0.3, 0.4) is 0 Å². The molecule has 0 bridgehead atoms. The van der Waals surface area contributed by atoms with Crippen LogP contribution in [-0.2, 0) is 17.6 Å². The molecule has 2 amide bonds. The van der Waals surface area contributed by atoms with Gasteiger partial charge in [0, 0.05) is 11.8 Å². The summed E-state index contributed by atoms with van der Waals surface area (Å²) >= 11 is 0. The molecule has 0 spiro atoms. The van der Waals surface area contributed by atoms with Crippen molar-refractivity contribution < 1.29 is 14.3 Å². The fourth-order valence-corrected chi connectivity index (χ4v) is 2.29. The zero-order chi connectivity index (χ0) is 13.8. The minimum atomic E-state index is -0.569. The van der Waals surface area contributed by atoms with E-state index in [-0.39, 0.29) is 12.2 Å². The van der Waals surface area contributed by atoms with Crippen LogP contribution in [0.4, 0.5) is 0 Å². The number of carbonyl (C=O) groups excluding carboxylic acids is 2. The summed E-state index contributed by atoms with van der Waals surface area (Å²) in [4.78, 5) is 27.2. The Balaban J connectivity index is 2.35. The lowest BCUT2D eigenvalue weighted by atomic mass is 9.92. The number of hydrogen-bond acceptors (Lipinski definition) is 5. The first kappa shape index (κ1) is 13.5. The van der Waals surface area contributed by atoms with Crippen LogP contribution < -0.4 is 15.8 Å². The van der Waals surface area contributed by atoms with Crippen LogP contribution >= 0.6 is 0 Å². The number of aromatic nitrogens is 1. The van der Waals surface area contributed by atoms with Gasteiger partial charge in [0.15, 0.2) is 11.4 Å². The molecule has 0 saturated heterocycles. The second-order valence-electron chi connectivity index (χ2n) is 4.43. The molecule has 1 aromatic rings. The lowest BCUT2D eigenvalue weighted by molar-refractivity contribution is -0.118. The molecule has 0 aliphatic heterocycles. The van der Waals surface area contributed by atoms with Crippen molar-refractivity contribution in [2.75, 3.05) is 13.7 Å². The summed E-state index contributed by atoms with van der Waals surface area (Å²) in [6.07, 6.45) is 5.69. The Hall–Kier alpha value is -1.95. The quantitative estimate of drug-likeness (QED) is 0.811. The third kappa shape index (κ3) is 2.73. The van der Waals surface area contributed by atoms with Crippen molar-refractivity contribution in [1.29, 1.82) is 0 Å². The van der Waals surface area contributed by atoms with Crippen LogP contribution in [0.15, 0.2) is 6.20 Å². The maximum Gasteiger partial charge on any atom is 0.280 e. The summed E-state index contributed by atoms with van der Waals surface area (Å²) in [5, 5.41) is 2.18. The standard InChI is InChI=1S/C13H17N3O3/c1-19-12-9-5-3-2-4-8(9)7-15-11(12)13(18)16-10(17)6-14/h7H,2-6,14H2,1H3,(H,16,17,18). The van der Waals surface area contributed by atoms with Gasteiger partial charge in [-0.3, -0.25) is 14.9 Å². The first-order valence-corrected chi connectivity index (χ1v) is 6.26. The number of nitrogens with zero attached hydrogens (tertiary/aromatic N) is 1. The van der Waals surface area contributed by atoms with E-state index in [1.54, 1.807) is 6.20 Å². The molecule has 0 unspecified atom stereocenters. The lowest BCUT2D eigenvalue weighted by Gasteiger charge is -2.19. The van der Waals surface area contributed by atoms with Crippen LogP contribution in [0, 0.1) is 0 Å². The second-order valence-corrected chi connectivity index (χ2v) is 4.43. The molecule has 2 rings (SSSR count). The molecule has 1 aromatic heterocycles. The highest BCUT2D eigenvalue weighted by atomic mass is 16.5. The third-order valence-corrected chi connectivity index (χ3v) is 3.21. The van der Waals surface area contributed by atoms with E-state index in [9.17, 15) is 9.59 Å². The molecule has 0 saturated carbocycles. The van der Waals surface area contributed by atoms with Crippen molar-refractivity contribution >= 4 is 11.8 Å². The van der Waals surface area contributed by atoms with Gasteiger partial charge in [0.2, 0.25) is 5.91 Å². The number of methoxy groups -OCH3 is 1. The Morgan fingerprint density at radius 3 is 2.84 bits per heavy atom. The Kier molecular flexibility index (Phi) is 4.11. The number of rotatable bonds is 3. The number of carbonyl (C=O) groups is 2. The maximum atomic E-state index is 11.9. The maximum absolute atomic E-state index is 11.9. The van der Waals surface area contributed by atoms with Crippen molar-refractivity contribution in [2.24, 2.45) is 5.73 Å². The van der Waals surface area contributed by atoms with Crippen LogP contribution in [-0.4, -0.2) is 30.5 Å². The highest BCUT2D eigenvalue weighted by Gasteiger charge is 2.23. The van der Waals surface area contributed by atoms with Crippen molar-refractivity contribution in [3.8, 4) is 5.75 Å². The van der Waals surface area contributed by atoms with Gasteiger partial charge in [0.1, 0.15) is 0 Å². The van der Waals surface area contributed by atoms with Crippen LogP contribution in [0.1, 0.15) is 34.5 Å². The van der Waals surface area contributed by atoms with Crippen molar-refractivity contribution in [3.63, 3.8) is 0 Å². The topological polar surface area (TPSA) is 94.3 Å². The van der Waals surface area contributed by atoms with Gasteiger partial charge in [-0.1, -0.05) is 0 Å². The normalized spacial score (nSPS) is 13.6. The highest BCUT2D eigenvalue weighted by Crippen LogP contribution is 2.31. The minimum Gasteiger partial charge on any atom is -0.494 e. The number of aryl methyl sites for hydroxylation is 1. The molecule has 0 aromatic carbocycles. The molecule has 19 heavy (non-hydrogen) atoms. The molecule has 6 heteroatoms. The highest BCUT2D eigenvalue weighted by molar-refractivity contribution is 6.05. The largest absolute Gasteiger partial charge is 0.494 e. The summed E-state index contributed by atoms with van der Waals surface area (Å²) in [5.41, 5.74) is 7.45. The van der Waals surface area contributed by atoms with Gasteiger partial charge in [0.05, 0.1) is 13.7 Å². The SMILES string of the molecule is COc1c(C(=O)NC(=O)CN)ncc2c1CCCC2. The molecule has 6 nitrogen and oxygen atoms in total. The summed E-state index contributed by atoms with van der Waals surface area (Å²) < 4.78 is 5.31. The number of hydrogen-bond donors (Lipinski definition) is 2. The fraction of sp³-hybridized carbons (Fsp3) is 0.462. The van der Waals surface area contributed by atoms with Crippen LogP contribution in [0.5, 0.6) is 5.75 Å². The Morgan fingerprint density at radius 2 is 2.16 bits per heavy atom. The first-order chi connectivity index (χ1) is 9.17. The van der Waals surface area contributed by atoms with Gasteiger partial charge in [0.25, 0.3) is 5.91 Å². The fourth-order valence-electron chi connectivity index (χ4n) is 2.29. The third-order valence-electron chi connectivity index (χ3n) is 3.21. The van der Waals surface area contributed by atoms with E-state index in [0.717, 1.165) is 36.8 Å². The van der Waals surface area contributed by atoms with Crippen LogP contribution in [0.2, 0.25) is 0 Å². The van der Waals surface area contributed by atoms with Gasteiger partial charge < -0.3 is 10.5 Å². The molecular formula is C13H17N3O3. The molecular weight excluding hydrogens is 246 g/mol. The summed E-state index contributed by atoms with van der Waals surface area (Å²) in [6.45, 7) is -0.237. The molecule has 1 aliphatic rings. The molecule has 1 aliphatic carbocycles. The van der Waals surface area contributed by atoms with Gasteiger partial charge in [-0.05, 0) is 31.2 Å². The number of fused-ring (bicyclic) bond motifs is 1. The summed E-state index contributed by atoms with van der Waals surface area (Å²) in [7, 11) is 1.51. The number of amides is 2. The van der Waals surface area contributed by atoms with Crippen LogP contribution in [0.25, 0.3) is 0 Å². The molecule has 0 fully saturated rings. The zero-order valence-electron chi connectivity index (χ0n) is 10.9. The second kappa shape index (κ2) is 5.79. The number of pyridine rings is 1. The van der Waals surface area contributed by atoms with E-state index in [0.29, 0.717) is 5.75 Å². The van der Waals surface area contributed by atoms with Gasteiger partial charge in [-0.2, -0.15) is 0 Å². The zero-order valence-corrected chi connectivity index (χ0v) is 10.9. The average Bonchev–Trinajstić information content (AvgIpc) is 2.45. The molecule has 1 heterocycles. The predicted molar refractivity (Wildman–Crippen MR) is 69.0 cm³/mol. The smallest absolute Gasteiger partial charge is 0.280 e.